The number of para-hydroxylation sites is 2. The van der Waals surface area contributed by atoms with Gasteiger partial charge in [-0.25, -0.2) is 0 Å². The Kier molecular flexibility index (Phi) is 6.28. The highest BCUT2D eigenvalue weighted by Crippen LogP contribution is 2.28. The van der Waals surface area contributed by atoms with Crippen LogP contribution in [0, 0.1) is 0 Å². The summed E-state index contributed by atoms with van der Waals surface area (Å²) < 4.78 is 10.8. The molecule has 1 fully saturated rings. The summed E-state index contributed by atoms with van der Waals surface area (Å²) in [7, 11) is 1.56. The lowest BCUT2D eigenvalue weighted by atomic mass is 10.1. The molecule has 0 radical (unpaired) electrons. The first kappa shape index (κ1) is 19.1. The topological polar surface area (TPSA) is 67.9 Å². The van der Waals surface area contributed by atoms with Crippen LogP contribution in [0.25, 0.3) is 0 Å². The van der Waals surface area contributed by atoms with Gasteiger partial charge in [-0.1, -0.05) is 12.1 Å². The molecule has 1 saturated carbocycles. The van der Waals surface area contributed by atoms with E-state index < -0.39 is 0 Å². The summed E-state index contributed by atoms with van der Waals surface area (Å²) in [4.78, 5) is 26.3. The third-order valence-corrected chi connectivity index (χ3v) is 3.82. The molecule has 1 aliphatic carbocycles. The fourth-order valence-electron chi connectivity index (χ4n) is 2.56. The Labute approximate surface area is 149 Å². The molecule has 0 spiro atoms. The number of benzene rings is 1. The molecule has 2 amide bonds. The Balaban J connectivity index is 1.87. The summed E-state index contributed by atoms with van der Waals surface area (Å²) in [5, 5.41) is 2.92. The number of carbonyl (C=O) groups is 2. The molecule has 2 rings (SSSR count). The van der Waals surface area contributed by atoms with Crippen molar-refractivity contribution in [1.82, 2.24) is 10.2 Å². The van der Waals surface area contributed by atoms with Crippen molar-refractivity contribution in [2.45, 2.75) is 51.6 Å². The average molecular weight is 348 g/mol. The molecule has 138 valence electrons. The van der Waals surface area contributed by atoms with Crippen molar-refractivity contribution in [3.63, 3.8) is 0 Å². The largest absolute Gasteiger partial charge is 0.493 e. The fourth-order valence-corrected chi connectivity index (χ4v) is 2.56. The molecule has 0 bridgehead atoms. The van der Waals surface area contributed by atoms with Gasteiger partial charge >= 0.3 is 0 Å². The summed E-state index contributed by atoms with van der Waals surface area (Å²) in [6.07, 6.45) is 2.27. The van der Waals surface area contributed by atoms with E-state index in [2.05, 4.69) is 5.32 Å². The molecule has 1 aromatic rings. The second-order valence-electron chi connectivity index (χ2n) is 7.31. The maximum Gasteiger partial charge on any atom is 0.260 e. The summed E-state index contributed by atoms with van der Waals surface area (Å²) in [5.74, 6) is 0.992. The van der Waals surface area contributed by atoms with Crippen LogP contribution >= 0.6 is 0 Å². The summed E-state index contributed by atoms with van der Waals surface area (Å²) >= 11 is 0. The predicted molar refractivity (Wildman–Crippen MR) is 95.7 cm³/mol. The third-order valence-electron chi connectivity index (χ3n) is 3.82. The molecule has 6 heteroatoms. The van der Waals surface area contributed by atoms with E-state index >= 15 is 0 Å². The average Bonchev–Trinajstić information content (AvgIpc) is 3.36. The van der Waals surface area contributed by atoms with E-state index in [1.54, 1.807) is 24.1 Å². The minimum absolute atomic E-state index is 0.0448. The number of hydrogen-bond donors (Lipinski definition) is 1. The third kappa shape index (κ3) is 6.29. The second kappa shape index (κ2) is 8.23. The van der Waals surface area contributed by atoms with Gasteiger partial charge in [0.2, 0.25) is 5.91 Å². The molecule has 0 aromatic heterocycles. The van der Waals surface area contributed by atoms with Crippen LogP contribution in [0.5, 0.6) is 11.5 Å². The van der Waals surface area contributed by atoms with Gasteiger partial charge in [0.05, 0.1) is 7.11 Å². The normalized spacial score (nSPS) is 13.9. The van der Waals surface area contributed by atoms with Crippen LogP contribution in [-0.4, -0.2) is 48.6 Å². The highest BCUT2D eigenvalue weighted by atomic mass is 16.5. The Morgan fingerprint density at radius 2 is 1.84 bits per heavy atom. The van der Waals surface area contributed by atoms with Crippen molar-refractivity contribution in [2.24, 2.45) is 0 Å². The van der Waals surface area contributed by atoms with Crippen molar-refractivity contribution in [3.8, 4) is 11.5 Å². The van der Waals surface area contributed by atoms with Crippen molar-refractivity contribution >= 4 is 11.8 Å². The van der Waals surface area contributed by atoms with Crippen LogP contribution in [0.15, 0.2) is 24.3 Å². The van der Waals surface area contributed by atoms with Gasteiger partial charge in [0.25, 0.3) is 5.91 Å². The first-order valence-corrected chi connectivity index (χ1v) is 8.66. The van der Waals surface area contributed by atoms with Gasteiger partial charge in [-0.05, 0) is 45.7 Å². The molecule has 0 heterocycles. The molecule has 0 saturated heterocycles. The van der Waals surface area contributed by atoms with Gasteiger partial charge in [0.15, 0.2) is 18.1 Å². The Hall–Kier alpha value is -2.24. The maximum atomic E-state index is 12.5. The van der Waals surface area contributed by atoms with E-state index in [4.69, 9.17) is 9.47 Å². The molecule has 25 heavy (non-hydrogen) atoms. The zero-order valence-electron chi connectivity index (χ0n) is 15.5. The number of hydrogen-bond acceptors (Lipinski definition) is 4. The van der Waals surface area contributed by atoms with Gasteiger partial charge in [0, 0.05) is 24.5 Å². The number of nitrogens with one attached hydrogen (secondary N) is 1. The highest BCUT2D eigenvalue weighted by molar-refractivity contribution is 5.80. The van der Waals surface area contributed by atoms with Crippen molar-refractivity contribution < 1.29 is 19.1 Å². The zero-order valence-corrected chi connectivity index (χ0v) is 15.5. The first-order chi connectivity index (χ1) is 11.8. The molecule has 0 unspecified atom stereocenters. The number of carbonyl (C=O) groups excluding carboxylic acids is 2. The molecule has 0 aliphatic heterocycles. The molecule has 6 nitrogen and oxygen atoms in total. The zero-order chi connectivity index (χ0) is 18.4. The van der Waals surface area contributed by atoms with Crippen molar-refractivity contribution in [1.29, 1.82) is 0 Å². The van der Waals surface area contributed by atoms with Gasteiger partial charge < -0.3 is 19.7 Å². The number of amides is 2. The van der Waals surface area contributed by atoms with Gasteiger partial charge in [-0.15, -0.1) is 0 Å². The monoisotopic (exact) mass is 348 g/mol. The Bertz CT molecular complexity index is 606. The summed E-state index contributed by atoms with van der Waals surface area (Å²) in [6.45, 7) is 6.18. The number of rotatable bonds is 8. The molecule has 1 aromatic carbocycles. The van der Waals surface area contributed by atoms with Crippen LogP contribution in [0.1, 0.15) is 40.0 Å². The fraction of sp³-hybridized carbons (Fsp3) is 0.579. The quantitative estimate of drug-likeness (QED) is 0.783. The lowest BCUT2D eigenvalue weighted by Gasteiger charge is -2.24. The number of nitrogens with zero attached hydrogens (tertiary/aromatic N) is 1. The van der Waals surface area contributed by atoms with Gasteiger partial charge in [-0.3, -0.25) is 9.59 Å². The van der Waals surface area contributed by atoms with Crippen LogP contribution in [0.2, 0.25) is 0 Å². The van der Waals surface area contributed by atoms with Crippen LogP contribution in [-0.2, 0) is 9.59 Å². The molecule has 1 aliphatic rings. The summed E-state index contributed by atoms with van der Waals surface area (Å²) in [6, 6.07) is 7.46. The summed E-state index contributed by atoms with van der Waals surface area (Å²) in [5.41, 5.74) is -0.265. The number of methoxy groups -OCH3 is 1. The van der Waals surface area contributed by atoms with E-state index in [1.807, 2.05) is 32.9 Å². The van der Waals surface area contributed by atoms with Crippen molar-refractivity contribution in [3.05, 3.63) is 24.3 Å². The van der Waals surface area contributed by atoms with Crippen LogP contribution in [0.4, 0.5) is 0 Å². The van der Waals surface area contributed by atoms with Crippen molar-refractivity contribution in [2.75, 3.05) is 20.3 Å². The van der Waals surface area contributed by atoms with E-state index in [1.165, 1.54) is 0 Å². The molecular weight excluding hydrogens is 320 g/mol. The second-order valence-corrected chi connectivity index (χ2v) is 7.31. The lowest BCUT2D eigenvalue weighted by molar-refractivity contribution is -0.134. The smallest absolute Gasteiger partial charge is 0.260 e. The first-order valence-electron chi connectivity index (χ1n) is 8.66. The lowest BCUT2D eigenvalue weighted by Crippen LogP contribution is -2.43. The standard InChI is InChI=1S/C19H28N2O4/c1-19(2,3)20-17(22)11-12-21(14-9-10-14)18(23)13-25-16-8-6-5-7-15(16)24-4/h5-8,14H,9-13H2,1-4H3,(H,20,22). The maximum absolute atomic E-state index is 12.5. The molecular formula is C19H28N2O4. The number of ether oxygens (including phenoxy) is 2. The van der Waals surface area contributed by atoms with E-state index in [9.17, 15) is 9.59 Å². The minimum Gasteiger partial charge on any atom is -0.493 e. The highest BCUT2D eigenvalue weighted by Gasteiger charge is 2.33. The van der Waals surface area contributed by atoms with Crippen LogP contribution in [0.3, 0.4) is 0 Å². The minimum atomic E-state index is -0.265. The van der Waals surface area contributed by atoms with Crippen LogP contribution < -0.4 is 14.8 Å². The van der Waals surface area contributed by atoms with E-state index in [-0.39, 0.29) is 30.0 Å². The Morgan fingerprint density at radius 1 is 1.20 bits per heavy atom. The SMILES string of the molecule is COc1ccccc1OCC(=O)N(CCC(=O)NC(C)(C)C)C1CC1. The van der Waals surface area contributed by atoms with Gasteiger partial charge in [-0.2, -0.15) is 0 Å². The Morgan fingerprint density at radius 3 is 2.40 bits per heavy atom. The van der Waals surface area contributed by atoms with E-state index in [0.717, 1.165) is 12.8 Å². The predicted octanol–water partition coefficient (Wildman–Crippen LogP) is 2.37. The van der Waals surface area contributed by atoms with E-state index in [0.29, 0.717) is 24.5 Å². The molecule has 0 atom stereocenters. The molecule has 1 N–H and O–H groups in total. The van der Waals surface area contributed by atoms with Gasteiger partial charge in [0.1, 0.15) is 0 Å².